The quantitative estimate of drug-likeness (QED) is 0.378. The Kier molecular flexibility index (Phi) is 5.69. The van der Waals surface area contributed by atoms with Crippen molar-refractivity contribution in [1.82, 2.24) is 4.31 Å². The van der Waals surface area contributed by atoms with E-state index in [1.165, 1.54) is 11.4 Å². The first-order chi connectivity index (χ1) is 12.4. The molecule has 0 spiro atoms. The summed E-state index contributed by atoms with van der Waals surface area (Å²) in [6, 6.07) is 14.9. The Morgan fingerprint density at radius 1 is 1.12 bits per heavy atom. The van der Waals surface area contributed by atoms with Gasteiger partial charge in [0.25, 0.3) is 0 Å². The summed E-state index contributed by atoms with van der Waals surface area (Å²) >= 11 is 2.23. The summed E-state index contributed by atoms with van der Waals surface area (Å²) in [5, 5.41) is 0. The molecule has 0 saturated carbocycles. The highest BCUT2D eigenvalue weighted by Gasteiger charge is 2.51. The highest BCUT2D eigenvalue weighted by molar-refractivity contribution is 14.1. The number of aryl methyl sites for hydroxylation is 1. The zero-order chi connectivity index (χ0) is 18.9. The van der Waals surface area contributed by atoms with E-state index in [0.29, 0.717) is 6.42 Å². The summed E-state index contributed by atoms with van der Waals surface area (Å²) in [6.45, 7) is 1.90. The van der Waals surface area contributed by atoms with Gasteiger partial charge in [0, 0.05) is 3.92 Å². The third-order valence-corrected chi connectivity index (χ3v) is 7.68. The molecule has 0 aliphatic carbocycles. The fourth-order valence-corrected chi connectivity index (χ4v) is 6.55. The van der Waals surface area contributed by atoms with Crippen LogP contribution in [0.4, 0.5) is 0 Å². The summed E-state index contributed by atoms with van der Waals surface area (Å²) < 4.78 is 33.0. The van der Waals surface area contributed by atoms with Crippen LogP contribution in [0.5, 0.6) is 0 Å². The number of esters is 1. The number of halogens is 1. The third-order valence-electron chi connectivity index (χ3n) is 4.58. The third kappa shape index (κ3) is 3.52. The predicted molar refractivity (Wildman–Crippen MR) is 108 cm³/mol. The molecule has 2 aromatic rings. The lowest BCUT2D eigenvalue weighted by atomic mass is 10.1. The lowest BCUT2D eigenvalue weighted by Crippen LogP contribution is -2.42. The van der Waals surface area contributed by atoms with Gasteiger partial charge in [-0.05, 0) is 31.0 Å². The summed E-state index contributed by atoms with van der Waals surface area (Å²) in [5.41, 5.74) is 1.84. The van der Waals surface area contributed by atoms with Crippen molar-refractivity contribution >= 4 is 38.6 Å². The summed E-state index contributed by atoms with van der Waals surface area (Å²) in [7, 11) is -2.57. The van der Waals surface area contributed by atoms with Crippen molar-refractivity contribution in [2.75, 3.05) is 7.11 Å². The summed E-state index contributed by atoms with van der Waals surface area (Å²) in [5.74, 6) is -0.527. The van der Waals surface area contributed by atoms with Crippen LogP contribution in [0.1, 0.15) is 23.6 Å². The van der Waals surface area contributed by atoms with E-state index in [1.54, 1.807) is 24.3 Å². The minimum atomic E-state index is -3.86. The van der Waals surface area contributed by atoms with Gasteiger partial charge in [-0.2, -0.15) is 4.31 Å². The maximum atomic E-state index is 13.4. The van der Waals surface area contributed by atoms with Crippen LogP contribution in [0.3, 0.4) is 0 Å². The number of rotatable bonds is 4. The molecule has 0 radical (unpaired) electrons. The Morgan fingerprint density at radius 3 is 2.31 bits per heavy atom. The van der Waals surface area contributed by atoms with Gasteiger partial charge in [0.1, 0.15) is 6.04 Å². The number of benzene rings is 2. The molecule has 3 rings (SSSR count). The van der Waals surface area contributed by atoms with Gasteiger partial charge in [0.05, 0.1) is 18.0 Å². The van der Waals surface area contributed by atoms with Crippen LogP contribution in [0.25, 0.3) is 0 Å². The van der Waals surface area contributed by atoms with Crippen LogP contribution in [-0.4, -0.2) is 35.8 Å². The number of sulfonamides is 1. The largest absolute Gasteiger partial charge is 0.468 e. The second-order valence-corrected chi connectivity index (χ2v) is 9.74. The molecule has 1 aliphatic rings. The monoisotopic (exact) mass is 485 g/mol. The SMILES string of the molecule is COC(=O)[C@H]1C[C@@H](I)[C@H](c2ccccc2)N1S(=O)(=O)c1ccc(C)cc1. The second-order valence-electron chi connectivity index (χ2n) is 6.29. The van der Waals surface area contributed by atoms with Crippen LogP contribution in [0.15, 0.2) is 59.5 Å². The molecule has 1 heterocycles. The number of nitrogens with zero attached hydrogens (tertiary/aromatic N) is 1. The van der Waals surface area contributed by atoms with Crippen molar-refractivity contribution in [3.05, 3.63) is 65.7 Å². The molecule has 5 nitrogen and oxygen atoms in total. The van der Waals surface area contributed by atoms with Gasteiger partial charge < -0.3 is 4.74 Å². The predicted octanol–water partition coefficient (Wildman–Crippen LogP) is 3.48. The highest BCUT2D eigenvalue weighted by Crippen LogP contribution is 2.44. The van der Waals surface area contributed by atoms with Gasteiger partial charge in [-0.15, -0.1) is 0 Å². The van der Waals surface area contributed by atoms with Crippen molar-refractivity contribution in [1.29, 1.82) is 0 Å². The summed E-state index contributed by atoms with van der Waals surface area (Å²) in [6.07, 6.45) is 0.415. The van der Waals surface area contributed by atoms with Gasteiger partial charge in [-0.1, -0.05) is 70.6 Å². The van der Waals surface area contributed by atoms with E-state index in [4.69, 9.17) is 4.74 Å². The zero-order valence-corrected chi connectivity index (χ0v) is 17.5. The molecular weight excluding hydrogens is 465 g/mol. The second kappa shape index (κ2) is 7.66. The van der Waals surface area contributed by atoms with Crippen molar-refractivity contribution < 1.29 is 17.9 Å². The number of hydrogen-bond donors (Lipinski definition) is 0. The van der Waals surface area contributed by atoms with Crippen molar-refractivity contribution in [3.8, 4) is 0 Å². The Labute approximate surface area is 167 Å². The van der Waals surface area contributed by atoms with Gasteiger partial charge in [0.15, 0.2) is 0 Å². The molecular formula is C19H20INO4S. The van der Waals surface area contributed by atoms with Crippen LogP contribution < -0.4 is 0 Å². The maximum Gasteiger partial charge on any atom is 0.324 e. The van der Waals surface area contributed by atoms with Gasteiger partial charge in [-0.25, -0.2) is 8.42 Å². The van der Waals surface area contributed by atoms with Gasteiger partial charge >= 0.3 is 5.97 Å². The molecule has 1 aliphatic heterocycles. The lowest BCUT2D eigenvalue weighted by molar-refractivity contribution is -0.144. The van der Waals surface area contributed by atoms with E-state index >= 15 is 0 Å². The Balaban J connectivity index is 2.13. The molecule has 2 aromatic carbocycles. The van der Waals surface area contributed by atoms with Crippen molar-refractivity contribution in [2.45, 2.75) is 34.2 Å². The molecule has 7 heteroatoms. The first kappa shape index (κ1) is 19.3. The number of hydrogen-bond acceptors (Lipinski definition) is 4. The number of methoxy groups -OCH3 is 1. The molecule has 0 aromatic heterocycles. The maximum absolute atomic E-state index is 13.4. The van der Waals surface area contributed by atoms with Crippen LogP contribution in [0.2, 0.25) is 0 Å². The number of carbonyl (C=O) groups is 1. The molecule has 1 saturated heterocycles. The number of ether oxygens (including phenoxy) is 1. The fraction of sp³-hybridized carbons (Fsp3) is 0.316. The Morgan fingerprint density at radius 2 is 1.73 bits per heavy atom. The molecule has 26 heavy (non-hydrogen) atoms. The minimum absolute atomic E-state index is 0.0423. The first-order valence-electron chi connectivity index (χ1n) is 8.23. The van der Waals surface area contributed by atoms with E-state index in [-0.39, 0.29) is 8.82 Å². The van der Waals surface area contributed by atoms with Crippen molar-refractivity contribution in [3.63, 3.8) is 0 Å². The van der Waals surface area contributed by atoms with Gasteiger partial charge in [0.2, 0.25) is 10.0 Å². The van der Waals surface area contributed by atoms with Crippen LogP contribution in [-0.2, 0) is 19.6 Å². The Bertz CT molecular complexity index is 884. The minimum Gasteiger partial charge on any atom is -0.468 e. The number of carbonyl (C=O) groups excluding carboxylic acids is 1. The van der Waals surface area contributed by atoms with Gasteiger partial charge in [-0.3, -0.25) is 4.79 Å². The molecule has 1 fully saturated rings. The first-order valence-corrected chi connectivity index (χ1v) is 10.9. The fourth-order valence-electron chi connectivity index (χ4n) is 3.29. The molecule has 3 atom stereocenters. The van der Waals surface area contributed by atoms with E-state index in [0.717, 1.165) is 11.1 Å². The molecule has 0 N–H and O–H groups in total. The lowest BCUT2D eigenvalue weighted by Gasteiger charge is -2.29. The number of alkyl halides is 1. The average molecular weight is 485 g/mol. The Hall–Kier alpha value is -1.45. The van der Waals surface area contributed by atoms with E-state index in [9.17, 15) is 13.2 Å². The smallest absolute Gasteiger partial charge is 0.324 e. The molecule has 0 amide bonds. The molecule has 0 bridgehead atoms. The average Bonchev–Trinajstić information content (AvgIpc) is 3.00. The topological polar surface area (TPSA) is 63.7 Å². The van der Waals surface area contributed by atoms with Crippen molar-refractivity contribution in [2.24, 2.45) is 0 Å². The normalized spacial score (nSPS) is 23.7. The summed E-state index contributed by atoms with van der Waals surface area (Å²) in [4.78, 5) is 12.5. The van der Waals surface area contributed by atoms with Crippen LogP contribution in [0, 0.1) is 6.92 Å². The standard InChI is InChI=1S/C19H20INO4S/c1-13-8-10-15(11-9-13)26(23,24)21-17(19(22)25-2)12-16(20)18(21)14-6-4-3-5-7-14/h3-11,16-18H,12H2,1-2H3/t16-,17-,18+/m1/s1. The van der Waals surface area contributed by atoms with Crippen LogP contribution >= 0.6 is 22.6 Å². The zero-order valence-electron chi connectivity index (χ0n) is 14.5. The molecule has 0 unspecified atom stereocenters. The molecule has 138 valence electrons. The van der Waals surface area contributed by atoms with E-state index < -0.39 is 28.1 Å². The van der Waals surface area contributed by atoms with E-state index in [2.05, 4.69) is 22.6 Å². The highest BCUT2D eigenvalue weighted by atomic mass is 127. The van der Waals surface area contributed by atoms with E-state index in [1.807, 2.05) is 37.3 Å².